The molecular weight excluding hydrogens is 396 g/mol. The molecule has 0 fully saturated rings. The molecule has 3 nitrogen and oxygen atoms in total. The molecule has 0 unspecified atom stereocenters. The van der Waals surface area contributed by atoms with Gasteiger partial charge in [0, 0.05) is 22.2 Å². The quantitative estimate of drug-likeness (QED) is 0.457. The summed E-state index contributed by atoms with van der Waals surface area (Å²) < 4.78 is 27.7. The van der Waals surface area contributed by atoms with Gasteiger partial charge in [-0.05, 0) is 54.7 Å². The summed E-state index contributed by atoms with van der Waals surface area (Å²) in [6, 6.07) is 9.40. The van der Waals surface area contributed by atoms with E-state index in [9.17, 15) is 18.4 Å². The lowest BCUT2D eigenvalue weighted by Crippen LogP contribution is -2.34. The Morgan fingerprint density at radius 2 is 1.69 bits per heavy atom. The van der Waals surface area contributed by atoms with Crippen molar-refractivity contribution >= 4 is 35.1 Å². The molecule has 0 aromatic heterocycles. The van der Waals surface area contributed by atoms with Crippen LogP contribution in [0.15, 0.2) is 54.6 Å². The van der Waals surface area contributed by atoms with Crippen LogP contribution in [0.25, 0.3) is 11.6 Å². The number of halogens is 3. The molecule has 0 aliphatic heterocycles. The molecule has 2 rings (SSSR count). The lowest BCUT2D eigenvalue weighted by atomic mass is 9.94. The van der Waals surface area contributed by atoms with Crippen molar-refractivity contribution in [1.82, 2.24) is 5.32 Å². The Hall–Kier alpha value is -2.79. The first-order valence-electron chi connectivity index (χ1n) is 9.23. The van der Waals surface area contributed by atoms with Gasteiger partial charge in [-0.2, -0.15) is 0 Å². The van der Waals surface area contributed by atoms with E-state index in [2.05, 4.69) is 11.9 Å². The molecule has 0 radical (unpaired) electrons. The van der Waals surface area contributed by atoms with E-state index in [0.717, 1.165) is 12.1 Å². The predicted octanol–water partition coefficient (Wildman–Crippen LogP) is 5.79. The Bertz CT molecular complexity index is 948. The Morgan fingerprint density at radius 3 is 2.24 bits per heavy atom. The molecule has 0 bridgehead atoms. The highest BCUT2D eigenvalue weighted by molar-refractivity contribution is 6.31. The van der Waals surface area contributed by atoms with Crippen LogP contribution in [0.2, 0.25) is 5.02 Å². The van der Waals surface area contributed by atoms with Crippen molar-refractivity contribution in [2.75, 3.05) is 0 Å². The van der Waals surface area contributed by atoms with E-state index in [1.807, 2.05) is 13.8 Å². The average molecular weight is 418 g/mol. The second kappa shape index (κ2) is 10.1. The summed E-state index contributed by atoms with van der Waals surface area (Å²) in [6.07, 6.45) is 2.82. The van der Waals surface area contributed by atoms with Crippen LogP contribution in [-0.2, 0) is 9.59 Å². The fourth-order valence-corrected chi connectivity index (χ4v) is 3.04. The molecule has 29 heavy (non-hydrogen) atoms. The van der Waals surface area contributed by atoms with E-state index >= 15 is 0 Å². The van der Waals surface area contributed by atoms with Crippen molar-refractivity contribution in [3.8, 4) is 0 Å². The Kier molecular flexibility index (Phi) is 7.85. The maximum atomic E-state index is 14.4. The minimum atomic E-state index is -0.911. The van der Waals surface area contributed by atoms with Gasteiger partial charge in [0.15, 0.2) is 0 Å². The van der Waals surface area contributed by atoms with Crippen LogP contribution < -0.4 is 5.32 Å². The van der Waals surface area contributed by atoms with Gasteiger partial charge in [-0.25, -0.2) is 8.78 Å². The summed E-state index contributed by atoms with van der Waals surface area (Å²) in [6.45, 7) is 7.63. The van der Waals surface area contributed by atoms with E-state index in [0.29, 0.717) is 29.5 Å². The molecule has 0 atom stereocenters. The second-order valence-electron chi connectivity index (χ2n) is 6.56. The van der Waals surface area contributed by atoms with E-state index in [1.165, 1.54) is 6.08 Å². The van der Waals surface area contributed by atoms with Crippen molar-refractivity contribution in [3.63, 3.8) is 0 Å². The number of nitrogens with one attached hydrogen (secondary N) is 1. The minimum absolute atomic E-state index is 0.0611. The van der Waals surface area contributed by atoms with Crippen LogP contribution in [0.5, 0.6) is 0 Å². The van der Waals surface area contributed by atoms with Gasteiger partial charge in [0.05, 0.1) is 5.57 Å². The zero-order valence-corrected chi connectivity index (χ0v) is 17.0. The van der Waals surface area contributed by atoms with Gasteiger partial charge in [0.1, 0.15) is 11.6 Å². The van der Waals surface area contributed by atoms with Gasteiger partial charge in [-0.15, -0.1) is 0 Å². The summed E-state index contributed by atoms with van der Waals surface area (Å²) in [5.74, 6) is -3.16. The molecule has 0 spiro atoms. The number of amides is 2. The third-order valence-corrected chi connectivity index (χ3v) is 4.90. The van der Waals surface area contributed by atoms with E-state index in [1.54, 1.807) is 24.3 Å². The first kappa shape index (κ1) is 22.5. The van der Waals surface area contributed by atoms with Crippen LogP contribution in [0, 0.1) is 17.6 Å². The number of hydrogen-bond acceptors (Lipinski definition) is 2. The number of benzene rings is 2. The SMILES string of the molecule is C=C(C(=O)NC(=O)/C(=C/c1ccc(Cl)cc1)c1ccc(F)cc1F)C(CC)CC. The molecule has 152 valence electrons. The Labute approximate surface area is 174 Å². The normalized spacial score (nSPS) is 11.4. The number of carbonyl (C=O) groups excluding carboxylic acids is 2. The number of rotatable bonds is 7. The summed E-state index contributed by atoms with van der Waals surface area (Å²) in [7, 11) is 0. The lowest BCUT2D eigenvalue weighted by Gasteiger charge is -2.16. The minimum Gasteiger partial charge on any atom is -0.288 e. The molecule has 0 aliphatic carbocycles. The molecule has 0 aliphatic rings. The highest BCUT2D eigenvalue weighted by atomic mass is 35.5. The molecule has 2 amide bonds. The van der Waals surface area contributed by atoms with Crippen molar-refractivity contribution in [3.05, 3.63) is 82.4 Å². The summed E-state index contributed by atoms with van der Waals surface area (Å²) in [5, 5.41) is 2.77. The van der Waals surface area contributed by atoms with E-state index in [4.69, 9.17) is 11.6 Å². The third kappa shape index (κ3) is 5.84. The molecule has 0 saturated heterocycles. The average Bonchev–Trinajstić information content (AvgIpc) is 2.68. The van der Waals surface area contributed by atoms with Gasteiger partial charge >= 0.3 is 0 Å². The molecule has 1 N–H and O–H groups in total. The maximum absolute atomic E-state index is 14.4. The van der Waals surface area contributed by atoms with E-state index < -0.39 is 23.4 Å². The van der Waals surface area contributed by atoms with Crippen molar-refractivity contribution in [1.29, 1.82) is 0 Å². The number of imide groups is 1. The summed E-state index contributed by atoms with van der Waals surface area (Å²) in [5.41, 5.74) is 0.610. The molecule has 0 saturated carbocycles. The Balaban J connectivity index is 2.41. The lowest BCUT2D eigenvalue weighted by molar-refractivity contribution is -0.125. The standard InChI is InChI=1S/C23H22ClF2NO2/c1-4-16(5-2)14(3)22(28)27-23(29)20(12-15-6-8-17(24)9-7-15)19-11-10-18(25)13-21(19)26/h6-13,16H,3-5H2,1-2H3,(H,27,28,29)/b20-12+. The van der Waals surface area contributed by atoms with Gasteiger partial charge < -0.3 is 0 Å². The largest absolute Gasteiger partial charge is 0.288 e. The second-order valence-corrected chi connectivity index (χ2v) is 6.99. The first-order valence-corrected chi connectivity index (χ1v) is 9.61. The third-order valence-electron chi connectivity index (χ3n) is 4.64. The number of carbonyl (C=O) groups is 2. The van der Waals surface area contributed by atoms with Crippen LogP contribution in [-0.4, -0.2) is 11.8 Å². The van der Waals surface area contributed by atoms with Crippen molar-refractivity contribution in [2.24, 2.45) is 5.92 Å². The fourth-order valence-electron chi connectivity index (χ4n) is 2.92. The molecular formula is C23H22ClF2NO2. The highest BCUT2D eigenvalue weighted by Crippen LogP contribution is 2.24. The number of hydrogen-bond donors (Lipinski definition) is 1. The summed E-state index contributed by atoms with van der Waals surface area (Å²) >= 11 is 5.88. The van der Waals surface area contributed by atoms with Gasteiger partial charge in [0.2, 0.25) is 0 Å². The Morgan fingerprint density at radius 1 is 1.07 bits per heavy atom. The predicted molar refractivity (Wildman–Crippen MR) is 112 cm³/mol. The van der Waals surface area contributed by atoms with Gasteiger partial charge in [0.25, 0.3) is 11.8 Å². The van der Waals surface area contributed by atoms with Crippen LogP contribution in [0.4, 0.5) is 8.78 Å². The topological polar surface area (TPSA) is 46.2 Å². The van der Waals surface area contributed by atoms with Crippen molar-refractivity contribution < 1.29 is 18.4 Å². The van der Waals surface area contributed by atoms with Crippen molar-refractivity contribution in [2.45, 2.75) is 26.7 Å². The monoisotopic (exact) mass is 417 g/mol. The fraction of sp³-hybridized carbons (Fsp3) is 0.217. The van der Waals surface area contributed by atoms with Crippen LogP contribution >= 0.6 is 11.6 Å². The molecule has 2 aromatic rings. The zero-order valence-electron chi connectivity index (χ0n) is 16.3. The molecule has 6 heteroatoms. The van der Waals surface area contributed by atoms with Gasteiger partial charge in [-0.3, -0.25) is 14.9 Å². The molecule has 2 aromatic carbocycles. The zero-order chi connectivity index (χ0) is 21.6. The van der Waals surface area contributed by atoms with E-state index in [-0.39, 0.29) is 22.6 Å². The van der Waals surface area contributed by atoms with Crippen LogP contribution in [0.3, 0.4) is 0 Å². The smallest absolute Gasteiger partial charge is 0.258 e. The first-order chi connectivity index (χ1) is 13.8. The molecule has 0 heterocycles. The van der Waals surface area contributed by atoms with Gasteiger partial charge in [-0.1, -0.05) is 44.2 Å². The maximum Gasteiger partial charge on any atom is 0.258 e. The summed E-state index contributed by atoms with van der Waals surface area (Å²) in [4.78, 5) is 25.3. The van der Waals surface area contributed by atoms with Crippen LogP contribution in [0.1, 0.15) is 37.8 Å². The highest BCUT2D eigenvalue weighted by Gasteiger charge is 2.22.